The second-order valence-corrected chi connectivity index (χ2v) is 10.4. The molecule has 4 rings (SSSR count). The van der Waals surface area contributed by atoms with Crippen molar-refractivity contribution < 1.29 is 24.2 Å². The van der Waals surface area contributed by atoms with Gasteiger partial charge < -0.3 is 19.9 Å². The van der Waals surface area contributed by atoms with Gasteiger partial charge in [-0.15, -0.1) is 0 Å². The molecule has 2 aromatic rings. The molecule has 0 atom stereocenters. The van der Waals surface area contributed by atoms with Crippen LogP contribution in [0, 0.1) is 0 Å². The van der Waals surface area contributed by atoms with Crippen molar-refractivity contribution in [1.82, 2.24) is 9.88 Å². The fraction of sp³-hybridized carbons (Fsp3) is 0.480. The lowest BCUT2D eigenvalue weighted by Crippen LogP contribution is -2.67. The maximum atomic E-state index is 13.2. The molecule has 0 unspecified atom stereocenters. The molecule has 1 aromatic heterocycles. The number of anilines is 1. The SMILES string of the molecule is CC1(C)COc2cccc(Oc3ccc(NC(=O)C4(N(C(=O)O)C(C)(C)C)CCC4)cn3)c21. The number of pyridine rings is 1. The van der Waals surface area contributed by atoms with E-state index in [2.05, 4.69) is 24.1 Å². The Morgan fingerprint density at radius 2 is 1.91 bits per heavy atom. The molecule has 2 aliphatic rings. The van der Waals surface area contributed by atoms with Crippen molar-refractivity contribution in [2.45, 2.75) is 70.4 Å². The van der Waals surface area contributed by atoms with E-state index in [9.17, 15) is 14.7 Å². The number of aromatic nitrogens is 1. The molecule has 1 fully saturated rings. The Morgan fingerprint density at radius 3 is 2.45 bits per heavy atom. The third-order valence-electron chi connectivity index (χ3n) is 6.36. The largest absolute Gasteiger partial charge is 0.492 e. The van der Waals surface area contributed by atoms with E-state index in [1.165, 1.54) is 11.1 Å². The fourth-order valence-corrected chi connectivity index (χ4v) is 4.76. The first-order valence-electron chi connectivity index (χ1n) is 11.2. The van der Waals surface area contributed by atoms with Crippen molar-refractivity contribution in [1.29, 1.82) is 0 Å². The number of rotatable bonds is 5. The summed E-state index contributed by atoms with van der Waals surface area (Å²) in [6, 6.07) is 9.09. The number of nitrogens with zero attached hydrogens (tertiary/aromatic N) is 2. The van der Waals surface area contributed by atoms with Gasteiger partial charge in [-0.3, -0.25) is 9.69 Å². The van der Waals surface area contributed by atoms with Gasteiger partial charge in [0.2, 0.25) is 5.88 Å². The number of nitrogens with one attached hydrogen (secondary N) is 1. The Bertz CT molecular complexity index is 1070. The van der Waals surface area contributed by atoms with Crippen molar-refractivity contribution in [2.24, 2.45) is 0 Å². The van der Waals surface area contributed by atoms with Crippen molar-refractivity contribution >= 4 is 17.7 Å². The Hall–Kier alpha value is -3.29. The van der Waals surface area contributed by atoms with E-state index in [1.807, 2.05) is 18.2 Å². The van der Waals surface area contributed by atoms with Gasteiger partial charge in [-0.1, -0.05) is 19.9 Å². The molecule has 1 saturated carbocycles. The van der Waals surface area contributed by atoms with Gasteiger partial charge in [0.15, 0.2) is 0 Å². The number of carbonyl (C=O) groups is 2. The van der Waals surface area contributed by atoms with Gasteiger partial charge in [-0.25, -0.2) is 9.78 Å². The Balaban J connectivity index is 1.50. The van der Waals surface area contributed by atoms with Gasteiger partial charge in [-0.2, -0.15) is 0 Å². The Kier molecular flexibility index (Phi) is 5.50. The molecule has 0 saturated heterocycles. The highest BCUT2D eigenvalue weighted by molar-refractivity contribution is 6.00. The van der Waals surface area contributed by atoms with E-state index in [0.717, 1.165) is 17.7 Å². The van der Waals surface area contributed by atoms with Crippen LogP contribution in [0.5, 0.6) is 17.4 Å². The molecule has 2 amide bonds. The summed E-state index contributed by atoms with van der Waals surface area (Å²) in [6.45, 7) is 10.2. The van der Waals surface area contributed by atoms with Gasteiger partial charge in [0.25, 0.3) is 5.91 Å². The van der Waals surface area contributed by atoms with Crippen LogP contribution >= 0.6 is 0 Å². The van der Waals surface area contributed by atoms with Crippen molar-refractivity contribution in [3.05, 3.63) is 42.1 Å². The molecule has 0 radical (unpaired) electrons. The predicted octanol–water partition coefficient (Wildman–Crippen LogP) is 5.18. The average molecular weight is 454 g/mol. The molecule has 1 aromatic carbocycles. The molecule has 0 spiro atoms. The summed E-state index contributed by atoms with van der Waals surface area (Å²) in [6.07, 6.45) is 2.22. The number of carboxylic acid groups (broad SMARTS) is 1. The van der Waals surface area contributed by atoms with Gasteiger partial charge in [-0.05, 0) is 58.2 Å². The summed E-state index contributed by atoms with van der Waals surface area (Å²) < 4.78 is 11.8. The predicted molar refractivity (Wildman–Crippen MR) is 124 cm³/mol. The van der Waals surface area contributed by atoms with Crippen LogP contribution in [0.15, 0.2) is 36.5 Å². The van der Waals surface area contributed by atoms with Crippen LogP contribution in [-0.4, -0.2) is 44.7 Å². The van der Waals surface area contributed by atoms with Gasteiger partial charge >= 0.3 is 6.09 Å². The second-order valence-electron chi connectivity index (χ2n) is 10.4. The maximum absolute atomic E-state index is 13.2. The lowest BCUT2D eigenvalue weighted by Gasteiger charge is -2.52. The van der Waals surface area contributed by atoms with E-state index in [0.29, 0.717) is 36.8 Å². The summed E-state index contributed by atoms with van der Waals surface area (Å²) in [5.41, 5.74) is -0.450. The minimum Gasteiger partial charge on any atom is -0.492 e. The first kappa shape index (κ1) is 22.9. The average Bonchev–Trinajstić information content (AvgIpc) is 3.00. The number of ether oxygens (including phenoxy) is 2. The second kappa shape index (κ2) is 7.93. The van der Waals surface area contributed by atoms with Crippen LogP contribution in [0.1, 0.15) is 59.4 Å². The molecule has 0 bridgehead atoms. The third kappa shape index (κ3) is 4.10. The van der Waals surface area contributed by atoms with E-state index < -0.39 is 17.2 Å². The maximum Gasteiger partial charge on any atom is 0.408 e. The zero-order valence-electron chi connectivity index (χ0n) is 19.8. The fourth-order valence-electron chi connectivity index (χ4n) is 4.76. The van der Waals surface area contributed by atoms with E-state index in [4.69, 9.17) is 9.47 Å². The molecule has 2 heterocycles. The van der Waals surface area contributed by atoms with Crippen molar-refractivity contribution in [3.63, 3.8) is 0 Å². The minimum absolute atomic E-state index is 0.167. The van der Waals surface area contributed by atoms with E-state index in [1.54, 1.807) is 32.9 Å². The number of hydrogen-bond donors (Lipinski definition) is 2. The van der Waals surface area contributed by atoms with Crippen LogP contribution in [0.25, 0.3) is 0 Å². The first-order valence-corrected chi connectivity index (χ1v) is 11.2. The van der Waals surface area contributed by atoms with Crippen LogP contribution in [0.4, 0.5) is 10.5 Å². The summed E-state index contributed by atoms with van der Waals surface area (Å²) >= 11 is 0. The molecule has 1 aliphatic heterocycles. The lowest BCUT2D eigenvalue weighted by atomic mass is 9.72. The van der Waals surface area contributed by atoms with E-state index >= 15 is 0 Å². The van der Waals surface area contributed by atoms with Gasteiger partial charge in [0.05, 0.1) is 18.5 Å². The summed E-state index contributed by atoms with van der Waals surface area (Å²) in [7, 11) is 0. The summed E-state index contributed by atoms with van der Waals surface area (Å²) in [5, 5.41) is 12.7. The number of hydrogen-bond acceptors (Lipinski definition) is 5. The Morgan fingerprint density at radius 1 is 1.18 bits per heavy atom. The first-order chi connectivity index (χ1) is 15.4. The number of carbonyl (C=O) groups excluding carboxylic acids is 1. The van der Waals surface area contributed by atoms with Crippen LogP contribution in [0.2, 0.25) is 0 Å². The van der Waals surface area contributed by atoms with Crippen LogP contribution in [-0.2, 0) is 10.2 Å². The standard InChI is InChI=1S/C25H31N3O5/c1-23(2,3)28(22(30)31)25(12-7-13-25)21(29)27-16-10-11-19(26-14-16)33-18-9-6-8-17-20(18)24(4,5)15-32-17/h6,8-11,14H,7,12-13,15H2,1-5H3,(H,27,29)(H,30,31). The lowest BCUT2D eigenvalue weighted by molar-refractivity contribution is -0.137. The quantitative estimate of drug-likeness (QED) is 0.647. The van der Waals surface area contributed by atoms with E-state index in [-0.39, 0.29) is 11.3 Å². The zero-order chi connectivity index (χ0) is 24.0. The molecular weight excluding hydrogens is 422 g/mol. The topological polar surface area (TPSA) is 101 Å². The smallest absolute Gasteiger partial charge is 0.408 e. The molecule has 2 N–H and O–H groups in total. The van der Waals surface area contributed by atoms with Crippen molar-refractivity contribution in [3.8, 4) is 17.4 Å². The highest BCUT2D eigenvalue weighted by Crippen LogP contribution is 2.45. The number of fused-ring (bicyclic) bond motifs is 1. The van der Waals surface area contributed by atoms with Gasteiger partial charge in [0, 0.05) is 22.6 Å². The minimum atomic E-state index is -1.10. The Labute approximate surface area is 193 Å². The highest BCUT2D eigenvalue weighted by Gasteiger charge is 2.54. The molecule has 33 heavy (non-hydrogen) atoms. The highest BCUT2D eigenvalue weighted by atomic mass is 16.5. The molecule has 8 heteroatoms. The normalized spacial score (nSPS) is 17.8. The summed E-state index contributed by atoms with van der Waals surface area (Å²) in [4.78, 5) is 30.8. The zero-order valence-corrected chi connectivity index (χ0v) is 19.8. The van der Waals surface area contributed by atoms with Crippen LogP contribution in [0.3, 0.4) is 0 Å². The number of benzene rings is 1. The molecule has 176 valence electrons. The van der Waals surface area contributed by atoms with Crippen LogP contribution < -0.4 is 14.8 Å². The summed E-state index contributed by atoms with van der Waals surface area (Å²) in [5.74, 6) is 1.56. The number of amides is 2. The van der Waals surface area contributed by atoms with Gasteiger partial charge in [0.1, 0.15) is 17.0 Å². The molecule has 8 nitrogen and oxygen atoms in total. The third-order valence-corrected chi connectivity index (χ3v) is 6.36. The molecular formula is C25H31N3O5. The van der Waals surface area contributed by atoms with Crippen molar-refractivity contribution in [2.75, 3.05) is 11.9 Å². The molecule has 1 aliphatic carbocycles. The monoisotopic (exact) mass is 453 g/mol.